The van der Waals surface area contributed by atoms with Gasteiger partial charge in [0.15, 0.2) is 0 Å². The molecule has 0 fully saturated rings. The summed E-state index contributed by atoms with van der Waals surface area (Å²) in [5, 5.41) is 11.7. The summed E-state index contributed by atoms with van der Waals surface area (Å²) < 4.78 is 10.6. The third kappa shape index (κ3) is 2.74. The van der Waals surface area contributed by atoms with Crippen LogP contribution in [0.3, 0.4) is 0 Å². The van der Waals surface area contributed by atoms with E-state index in [-0.39, 0.29) is 0 Å². The SMILES string of the molecule is COc1cc(OCc2nccs2)ccc1C#N. The van der Waals surface area contributed by atoms with E-state index in [0.717, 1.165) is 5.01 Å². The molecule has 0 saturated heterocycles. The molecule has 5 heteroatoms. The molecule has 0 unspecified atom stereocenters. The summed E-state index contributed by atoms with van der Waals surface area (Å²) in [6, 6.07) is 7.17. The van der Waals surface area contributed by atoms with Gasteiger partial charge in [0.25, 0.3) is 0 Å². The van der Waals surface area contributed by atoms with Crippen molar-refractivity contribution in [3.63, 3.8) is 0 Å². The molecule has 0 aliphatic rings. The molecule has 2 rings (SSSR count). The number of nitriles is 1. The van der Waals surface area contributed by atoms with Crippen LogP contribution in [0.5, 0.6) is 11.5 Å². The molecule has 0 radical (unpaired) electrons. The first kappa shape index (κ1) is 11.4. The highest BCUT2D eigenvalue weighted by atomic mass is 32.1. The molecule has 2 aromatic rings. The second-order valence-electron chi connectivity index (χ2n) is 3.19. The summed E-state index contributed by atoms with van der Waals surface area (Å²) in [4.78, 5) is 4.12. The van der Waals surface area contributed by atoms with Crippen molar-refractivity contribution in [1.82, 2.24) is 4.98 Å². The van der Waals surface area contributed by atoms with Gasteiger partial charge >= 0.3 is 0 Å². The normalized spacial score (nSPS) is 9.65. The monoisotopic (exact) mass is 246 g/mol. The van der Waals surface area contributed by atoms with E-state index in [1.54, 1.807) is 35.7 Å². The van der Waals surface area contributed by atoms with Crippen LogP contribution >= 0.6 is 11.3 Å². The second-order valence-corrected chi connectivity index (χ2v) is 4.17. The van der Waals surface area contributed by atoms with Crippen LogP contribution in [0.2, 0.25) is 0 Å². The zero-order valence-electron chi connectivity index (χ0n) is 9.21. The largest absolute Gasteiger partial charge is 0.495 e. The molecule has 0 atom stereocenters. The maximum Gasteiger partial charge on any atom is 0.140 e. The van der Waals surface area contributed by atoms with Crippen LogP contribution < -0.4 is 9.47 Å². The minimum Gasteiger partial charge on any atom is -0.495 e. The summed E-state index contributed by atoms with van der Waals surface area (Å²) in [5.74, 6) is 1.18. The standard InChI is InChI=1S/C12H10N2O2S/c1-15-11-6-10(3-2-9(11)7-13)16-8-12-14-4-5-17-12/h2-6H,8H2,1H3. The van der Waals surface area contributed by atoms with Crippen LogP contribution in [0.1, 0.15) is 10.6 Å². The summed E-state index contributed by atoms with van der Waals surface area (Å²) >= 11 is 1.54. The van der Waals surface area contributed by atoms with Gasteiger partial charge in [-0.15, -0.1) is 11.3 Å². The van der Waals surface area contributed by atoms with Crippen molar-refractivity contribution >= 4 is 11.3 Å². The number of ether oxygens (including phenoxy) is 2. The van der Waals surface area contributed by atoms with Crippen molar-refractivity contribution in [2.24, 2.45) is 0 Å². The van der Waals surface area contributed by atoms with E-state index < -0.39 is 0 Å². The van der Waals surface area contributed by atoms with Gasteiger partial charge in [-0.1, -0.05) is 0 Å². The first-order valence-electron chi connectivity index (χ1n) is 4.93. The van der Waals surface area contributed by atoms with E-state index in [4.69, 9.17) is 14.7 Å². The number of nitrogens with zero attached hydrogens (tertiary/aromatic N) is 2. The predicted molar refractivity (Wildman–Crippen MR) is 64.2 cm³/mol. The second kappa shape index (κ2) is 5.32. The van der Waals surface area contributed by atoms with Gasteiger partial charge in [0.05, 0.1) is 12.7 Å². The predicted octanol–water partition coefficient (Wildman–Crippen LogP) is 2.60. The molecule has 1 aromatic heterocycles. The Labute approximate surface area is 103 Å². The van der Waals surface area contributed by atoms with E-state index in [0.29, 0.717) is 23.7 Å². The molecule has 0 amide bonds. The van der Waals surface area contributed by atoms with E-state index in [1.807, 2.05) is 5.38 Å². The highest BCUT2D eigenvalue weighted by molar-refractivity contribution is 7.09. The van der Waals surface area contributed by atoms with Gasteiger partial charge in [-0.2, -0.15) is 5.26 Å². The Hall–Kier alpha value is -2.06. The number of methoxy groups -OCH3 is 1. The van der Waals surface area contributed by atoms with Gasteiger partial charge in [0, 0.05) is 17.6 Å². The Balaban J connectivity index is 2.09. The van der Waals surface area contributed by atoms with Gasteiger partial charge in [-0.3, -0.25) is 0 Å². The molecular formula is C12H10N2O2S. The van der Waals surface area contributed by atoms with Crippen molar-refractivity contribution in [3.8, 4) is 17.6 Å². The third-order valence-electron chi connectivity index (χ3n) is 2.14. The van der Waals surface area contributed by atoms with Gasteiger partial charge in [-0.05, 0) is 12.1 Å². The van der Waals surface area contributed by atoms with Crippen molar-refractivity contribution in [1.29, 1.82) is 5.26 Å². The van der Waals surface area contributed by atoms with E-state index in [9.17, 15) is 0 Å². The van der Waals surface area contributed by atoms with Crippen molar-refractivity contribution < 1.29 is 9.47 Å². The van der Waals surface area contributed by atoms with Crippen LogP contribution in [0.4, 0.5) is 0 Å². The fourth-order valence-electron chi connectivity index (χ4n) is 1.32. The Kier molecular flexibility index (Phi) is 3.58. The molecule has 0 bridgehead atoms. The number of aromatic nitrogens is 1. The summed E-state index contributed by atoms with van der Waals surface area (Å²) in [5.41, 5.74) is 0.495. The molecule has 86 valence electrons. The first-order valence-corrected chi connectivity index (χ1v) is 5.80. The van der Waals surface area contributed by atoms with Crippen LogP contribution in [0, 0.1) is 11.3 Å². The van der Waals surface area contributed by atoms with E-state index in [2.05, 4.69) is 11.1 Å². The van der Waals surface area contributed by atoms with Crippen molar-refractivity contribution in [3.05, 3.63) is 40.3 Å². The van der Waals surface area contributed by atoms with Gasteiger partial charge in [0.2, 0.25) is 0 Å². The highest BCUT2D eigenvalue weighted by Gasteiger charge is 2.05. The molecule has 1 aromatic carbocycles. The lowest BCUT2D eigenvalue weighted by Crippen LogP contribution is -1.96. The topological polar surface area (TPSA) is 55.1 Å². The minimum atomic E-state index is 0.423. The van der Waals surface area contributed by atoms with E-state index in [1.165, 1.54) is 7.11 Å². The maximum absolute atomic E-state index is 8.84. The molecule has 4 nitrogen and oxygen atoms in total. The molecule has 0 spiro atoms. The fourth-order valence-corrected chi connectivity index (χ4v) is 1.85. The van der Waals surface area contributed by atoms with Crippen molar-refractivity contribution in [2.45, 2.75) is 6.61 Å². The molecule has 17 heavy (non-hydrogen) atoms. The molecule has 1 heterocycles. The maximum atomic E-state index is 8.84. The average Bonchev–Trinajstić information content (AvgIpc) is 2.89. The molecule has 0 aliphatic heterocycles. The number of benzene rings is 1. The Morgan fingerprint density at radius 2 is 2.35 bits per heavy atom. The summed E-state index contributed by atoms with van der Waals surface area (Å²) in [6.07, 6.45) is 1.74. The highest BCUT2D eigenvalue weighted by Crippen LogP contribution is 2.24. The number of thiazole rings is 1. The van der Waals surface area contributed by atoms with Crippen molar-refractivity contribution in [2.75, 3.05) is 7.11 Å². The lowest BCUT2D eigenvalue weighted by molar-refractivity contribution is 0.303. The Morgan fingerprint density at radius 3 is 3.00 bits per heavy atom. The van der Waals surface area contributed by atoms with Crippen LogP contribution in [0.25, 0.3) is 0 Å². The van der Waals surface area contributed by atoms with E-state index >= 15 is 0 Å². The van der Waals surface area contributed by atoms with Crippen LogP contribution in [-0.4, -0.2) is 12.1 Å². The number of hydrogen-bond donors (Lipinski definition) is 0. The third-order valence-corrected chi connectivity index (χ3v) is 2.89. The van der Waals surface area contributed by atoms with Gasteiger partial charge in [0.1, 0.15) is 29.2 Å². The Bertz CT molecular complexity index is 532. The molecule has 0 N–H and O–H groups in total. The lowest BCUT2D eigenvalue weighted by Gasteiger charge is -2.07. The molecule has 0 aliphatic carbocycles. The van der Waals surface area contributed by atoms with Gasteiger partial charge < -0.3 is 9.47 Å². The van der Waals surface area contributed by atoms with Gasteiger partial charge in [-0.25, -0.2) is 4.98 Å². The zero-order chi connectivity index (χ0) is 12.1. The number of hydrogen-bond acceptors (Lipinski definition) is 5. The summed E-state index contributed by atoms with van der Waals surface area (Å²) in [7, 11) is 1.53. The van der Waals surface area contributed by atoms with Crippen LogP contribution in [-0.2, 0) is 6.61 Å². The minimum absolute atomic E-state index is 0.423. The fraction of sp³-hybridized carbons (Fsp3) is 0.167. The average molecular weight is 246 g/mol. The molecule has 0 saturated carbocycles. The smallest absolute Gasteiger partial charge is 0.140 e. The lowest BCUT2D eigenvalue weighted by atomic mass is 10.2. The Morgan fingerprint density at radius 1 is 1.47 bits per heavy atom. The summed E-state index contributed by atoms with van der Waals surface area (Å²) in [6.45, 7) is 0.423. The molecular weight excluding hydrogens is 236 g/mol. The zero-order valence-corrected chi connectivity index (χ0v) is 10.0. The first-order chi connectivity index (χ1) is 8.33. The quantitative estimate of drug-likeness (QED) is 0.832. The number of rotatable bonds is 4. The van der Waals surface area contributed by atoms with Crippen LogP contribution in [0.15, 0.2) is 29.8 Å².